The molecule has 2 aromatic carbocycles. The predicted molar refractivity (Wildman–Crippen MR) is 99.8 cm³/mol. The lowest BCUT2D eigenvalue weighted by Gasteiger charge is -2.31. The Hall–Kier alpha value is -2.69. The van der Waals surface area contributed by atoms with E-state index >= 15 is 0 Å². The van der Waals surface area contributed by atoms with Gasteiger partial charge in [-0.3, -0.25) is 4.79 Å². The first kappa shape index (κ1) is 16.5. The lowest BCUT2D eigenvalue weighted by molar-refractivity contribution is -0.145. The Kier molecular flexibility index (Phi) is 3.96. The first-order chi connectivity index (χ1) is 13.2. The second kappa shape index (κ2) is 6.48. The zero-order valence-corrected chi connectivity index (χ0v) is 15.0. The van der Waals surface area contributed by atoms with Gasteiger partial charge in [0.25, 0.3) is 5.91 Å². The Balaban J connectivity index is 1.36. The van der Waals surface area contributed by atoms with E-state index in [9.17, 15) is 9.18 Å². The van der Waals surface area contributed by atoms with E-state index in [0.29, 0.717) is 23.7 Å². The summed E-state index contributed by atoms with van der Waals surface area (Å²) >= 11 is 0. The van der Waals surface area contributed by atoms with Gasteiger partial charge in [-0.25, -0.2) is 4.39 Å². The second-order valence-electron chi connectivity index (χ2n) is 7.58. The van der Waals surface area contributed by atoms with Gasteiger partial charge in [0.1, 0.15) is 5.82 Å². The van der Waals surface area contributed by atoms with E-state index in [1.807, 2.05) is 11.0 Å². The molecule has 0 bridgehead atoms. The molecule has 0 saturated heterocycles. The van der Waals surface area contributed by atoms with E-state index in [0.717, 1.165) is 25.7 Å². The average molecular weight is 364 g/mol. The van der Waals surface area contributed by atoms with Crippen LogP contribution in [-0.2, 0) is 16.1 Å². The van der Waals surface area contributed by atoms with E-state index in [4.69, 9.17) is 4.84 Å². The van der Waals surface area contributed by atoms with Crippen molar-refractivity contribution in [2.24, 2.45) is 5.16 Å². The van der Waals surface area contributed by atoms with E-state index in [1.54, 1.807) is 12.1 Å². The third-order valence-electron chi connectivity index (χ3n) is 5.73. The standard InChI is InChI=1S/C22H21FN2O2/c23-16-6-3-5-15(12-16)19-13-21(27-24-19)22(26)25(17-9-10-17)20-11-8-14-4-1-2-7-18(14)20/h1-7,12,17,20-21H,8-11,13H2. The van der Waals surface area contributed by atoms with E-state index < -0.39 is 6.10 Å². The van der Waals surface area contributed by atoms with E-state index in [1.165, 1.54) is 23.3 Å². The first-order valence-corrected chi connectivity index (χ1v) is 9.59. The minimum atomic E-state index is -0.614. The molecule has 2 aliphatic carbocycles. The van der Waals surface area contributed by atoms with E-state index in [2.05, 4.69) is 23.4 Å². The maximum atomic E-state index is 13.5. The fourth-order valence-electron chi connectivity index (χ4n) is 4.28. The maximum absolute atomic E-state index is 13.5. The summed E-state index contributed by atoms with van der Waals surface area (Å²) in [7, 11) is 0. The molecule has 0 N–H and O–H groups in total. The van der Waals surface area contributed by atoms with Crippen molar-refractivity contribution in [2.75, 3.05) is 0 Å². The summed E-state index contributed by atoms with van der Waals surface area (Å²) in [6.45, 7) is 0. The average Bonchev–Trinajstić information content (AvgIpc) is 3.23. The highest BCUT2D eigenvalue weighted by Crippen LogP contribution is 2.42. The Bertz CT molecular complexity index is 922. The Morgan fingerprint density at radius 3 is 2.78 bits per heavy atom. The molecule has 1 aliphatic heterocycles. The molecule has 0 aromatic heterocycles. The number of nitrogens with zero attached hydrogens (tertiary/aromatic N) is 2. The van der Waals surface area contributed by atoms with Gasteiger partial charge in [0, 0.05) is 18.0 Å². The number of carbonyl (C=O) groups is 1. The van der Waals surface area contributed by atoms with Crippen LogP contribution in [0.5, 0.6) is 0 Å². The van der Waals surface area contributed by atoms with Gasteiger partial charge in [-0.1, -0.05) is 41.6 Å². The van der Waals surface area contributed by atoms with Gasteiger partial charge in [0.2, 0.25) is 6.10 Å². The number of halogens is 1. The third-order valence-corrected chi connectivity index (χ3v) is 5.73. The molecule has 0 spiro atoms. The summed E-state index contributed by atoms with van der Waals surface area (Å²) in [6, 6.07) is 15.1. The summed E-state index contributed by atoms with van der Waals surface area (Å²) in [5.74, 6) is -0.304. The SMILES string of the molecule is O=C(C1CC(c2cccc(F)c2)=NO1)N(C1CC1)C1CCc2ccccc21. The number of benzene rings is 2. The molecule has 2 atom stereocenters. The largest absolute Gasteiger partial charge is 0.382 e. The van der Waals surface area contributed by atoms with Crippen LogP contribution in [-0.4, -0.2) is 28.7 Å². The lowest BCUT2D eigenvalue weighted by atomic mass is 10.0. The van der Waals surface area contributed by atoms with Crippen LogP contribution < -0.4 is 0 Å². The quantitative estimate of drug-likeness (QED) is 0.823. The highest BCUT2D eigenvalue weighted by molar-refractivity contribution is 6.04. The maximum Gasteiger partial charge on any atom is 0.267 e. The number of hydrogen-bond acceptors (Lipinski definition) is 3. The van der Waals surface area contributed by atoms with Gasteiger partial charge in [-0.2, -0.15) is 0 Å². The number of amides is 1. The molecule has 3 aliphatic rings. The molecular weight excluding hydrogens is 343 g/mol. The number of rotatable bonds is 4. The number of oxime groups is 1. The molecule has 1 heterocycles. The second-order valence-corrected chi connectivity index (χ2v) is 7.58. The number of fused-ring (bicyclic) bond motifs is 1. The van der Waals surface area contributed by atoms with Crippen LogP contribution in [0.1, 0.15) is 48.4 Å². The molecule has 1 fully saturated rings. The number of carbonyl (C=O) groups excluding carboxylic acids is 1. The molecule has 4 nitrogen and oxygen atoms in total. The van der Waals surface area contributed by atoms with Crippen LogP contribution in [0.3, 0.4) is 0 Å². The zero-order valence-electron chi connectivity index (χ0n) is 15.0. The molecule has 138 valence electrons. The van der Waals surface area contributed by atoms with Crippen LogP contribution in [0.15, 0.2) is 53.7 Å². The topological polar surface area (TPSA) is 41.9 Å². The normalized spacial score (nSPS) is 23.5. The van der Waals surface area contributed by atoms with Crippen molar-refractivity contribution in [3.63, 3.8) is 0 Å². The Morgan fingerprint density at radius 2 is 1.96 bits per heavy atom. The summed E-state index contributed by atoms with van der Waals surface area (Å²) < 4.78 is 13.5. The van der Waals surface area contributed by atoms with Crippen molar-refractivity contribution in [1.29, 1.82) is 0 Å². The lowest BCUT2D eigenvalue weighted by Crippen LogP contribution is -2.42. The van der Waals surface area contributed by atoms with Crippen molar-refractivity contribution in [3.8, 4) is 0 Å². The molecule has 1 saturated carbocycles. The summed E-state index contributed by atoms with van der Waals surface area (Å²) in [6.07, 6.45) is 3.85. The monoisotopic (exact) mass is 364 g/mol. The molecule has 0 radical (unpaired) electrons. The number of aryl methyl sites for hydroxylation is 1. The minimum Gasteiger partial charge on any atom is -0.382 e. The highest BCUT2D eigenvalue weighted by atomic mass is 19.1. The zero-order chi connectivity index (χ0) is 18.4. The van der Waals surface area contributed by atoms with Crippen LogP contribution in [0.4, 0.5) is 4.39 Å². The van der Waals surface area contributed by atoms with Gasteiger partial charge in [0.05, 0.1) is 11.8 Å². The van der Waals surface area contributed by atoms with Gasteiger partial charge in [-0.15, -0.1) is 0 Å². The smallest absolute Gasteiger partial charge is 0.267 e. The van der Waals surface area contributed by atoms with Crippen LogP contribution in [0.25, 0.3) is 0 Å². The van der Waals surface area contributed by atoms with Crippen LogP contribution >= 0.6 is 0 Å². The van der Waals surface area contributed by atoms with Crippen molar-refractivity contribution in [2.45, 2.75) is 50.3 Å². The predicted octanol–water partition coefficient (Wildman–Crippen LogP) is 4.00. The fourth-order valence-corrected chi connectivity index (χ4v) is 4.28. The van der Waals surface area contributed by atoms with Gasteiger partial charge in [0.15, 0.2) is 0 Å². The first-order valence-electron chi connectivity index (χ1n) is 9.59. The molecule has 1 amide bonds. The van der Waals surface area contributed by atoms with Crippen molar-refractivity contribution in [3.05, 3.63) is 71.0 Å². The third kappa shape index (κ3) is 3.01. The van der Waals surface area contributed by atoms with Crippen molar-refractivity contribution >= 4 is 11.6 Å². The summed E-state index contributed by atoms with van der Waals surface area (Å²) in [4.78, 5) is 20.9. The van der Waals surface area contributed by atoms with Gasteiger partial charge in [-0.05, 0) is 48.9 Å². The Morgan fingerprint density at radius 1 is 1.11 bits per heavy atom. The Labute approximate surface area is 157 Å². The molecule has 2 unspecified atom stereocenters. The van der Waals surface area contributed by atoms with Crippen LogP contribution in [0.2, 0.25) is 0 Å². The summed E-state index contributed by atoms with van der Waals surface area (Å²) in [5, 5.41) is 4.09. The minimum absolute atomic E-state index is 0.00866. The fraction of sp³-hybridized carbons (Fsp3) is 0.364. The van der Waals surface area contributed by atoms with Gasteiger partial charge >= 0.3 is 0 Å². The highest BCUT2D eigenvalue weighted by Gasteiger charge is 2.44. The molecular formula is C22H21FN2O2. The molecule has 5 rings (SSSR count). The number of hydrogen-bond donors (Lipinski definition) is 0. The summed E-state index contributed by atoms with van der Waals surface area (Å²) in [5.41, 5.74) is 3.91. The molecule has 2 aromatic rings. The molecule has 27 heavy (non-hydrogen) atoms. The molecule has 5 heteroatoms. The van der Waals surface area contributed by atoms with E-state index in [-0.39, 0.29) is 17.8 Å². The van der Waals surface area contributed by atoms with Crippen LogP contribution in [0, 0.1) is 5.82 Å². The van der Waals surface area contributed by atoms with Gasteiger partial charge < -0.3 is 9.74 Å². The van der Waals surface area contributed by atoms with Crippen molar-refractivity contribution < 1.29 is 14.0 Å². The van der Waals surface area contributed by atoms with Crippen molar-refractivity contribution in [1.82, 2.24) is 4.90 Å².